The first-order chi connectivity index (χ1) is 18.8. The number of hydrogen-bond donors (Lipinski definition) is 7. The molecule has 1 aromatic carbocycles. The summed E-state index contributed by atoms with van der Waals surface area (Å²) in [5, 5.41) is 48.8. The number of hydrogen-bond acceptors (Lipinski definition) is 10. The highest BCUT2D eigenvalue weighted by atomic mass is 16.3. The number of ketones is 2. The van der Waals surface area contributed by atoms with Gasteiger partial charge in [0.25, 0.3) is 5.91 Å². The van der Waals surface area contributed by atoms with Gasteiger partial charge in [0.2, 0.25) is 5.78 Å². The zero-order valence-electron chi connectivity index (χ0n) is 22.6. The smallest absolute Gasteiger partial charge is 0.255 e. The van der Waals surface area contributed by atoms with Crippen molar-refractivity contribution in [3.05, 3.63) is 58.1 Å². The summed E-state index contributed by atoms with van der Waals surface area (Å²) in [5.74, 6) is -6.76. The Balaban J connectivity index is 1.69. The maximum Gasteiger partial charge on any atom is 0.255 e. The summed E-state index contributed by atoms with van der Waals surface area (Å²) in [7, 11) is 6.77. The summed E-state index contributed by atoms with van der Waals surface area (Å²) < 4.78 is 0. The first kappa shape index (κ1) is 27.3. The predicted molar refractivity (Wildman–Crippen MR) is 147 cm³/mol. The quantitative estimate of drug-likeness (QED) is 0.201. The average Bonchev–Trinajstić information content (AvgIpc) is 3.39. The van der Waals surface area contributed by atoms with Crippen LogP contribution in [0, 0.1) is 11.8 Å². The zero-order valence-corrected chi connectivity index (χ0v) is 22.6. The van der Waals surface area contributed by atoms with E-state index in [-0.39, 0.29) is 29.7 Å². The van der Waals surface area contributed by atoms with Crippen molar-refractivity contribution in [3.63, 3.8) is 0 Å². The number of aromatic hydroxyl groups is 1. The Morgan fingerprint density at radius 1 is 1.20 bits per heavy atom. The highest BCUT2D eigenvalue weighted by molar-refractivity contribution is 6.24. The lowest BCUT2D eigenvalue weighted by molar-refractivity contribution is -0.153. The molecule has 5 rings (SSSR count). The molecule has 1 heterocycles. The second kappa shape index (κ2) is 9.42. The van der Waals surface area contributed by atoms with Crippen molar-refractivity contribution in [1.82, 2.24) is 9.88 Å². The van der Waals surface area contributed by atoms with Crippen molar-refractivity contribution in [2.45, 2.75) is 31.0 Å². The number of H-pyrrole nitrogens is 1. The molecule has 1 fully saturated rings. The number of benzene rings is 1. The van der Waals surface area contributed by atoms with Gasteiger partial charge in [0, 0.05) is 50.2 Å². The van der Waals surface area contributed by atoms with Crippen molar-refractivity contribution >= 4 is 34.6 Å². The summed E-state index contributed by atoms with van der Waals surface area (Å²) >= 11 is 0. The molecule has 3 aliphatic carbocycles. The minimum Gasteiger partial charge on any atom is -0.508 e. The fourth-order valence-electron chi connectivity index (χ4n) is 6.49. The van der Waals surface area contributed by atoms with Crippen LogP contribution in [-0.2, 0) is 27.3 Å². The number of aliphatic hydroxyl groups excluding tert-OH is 2. The molecule has 0 spiro atoms. The summed E-state index contributed by atoms with van der Waals surface area (Å²) in [5.41, 5.74) is 4.27. The van der Waals surface area contributed by atoms with Gasteiger partial charge in [-0.2, -0.15) is 0 Å². The molecule has 12 nitrogen and oxygen atoms in total. The number of primary amides is 1. The third-order valence-corrected chi connectivity index (χ3v) is 8.32. The van der Waals surface area contributed by atoms with Gasteiger partial charge in [-0.25, -0.2) is 0 Å². The van der Waals surface area contributed by atoms with E-state index in [9.17, 15) is 34.8 Å². The van der Waals surface area contributed by atoms with Crippen LogP contribution in [0.1, 0.15) is 23.1 Å². The van der Waals surface area contributed by atoms with Crippen LogP contribution in [0.25, 0.3) is 5.76 Å². The molecule has 3 aliphatic rings. The van der Waals surface area contributed by atoms with Crippen molar-refractivity contribution in [2.75, 3.05) is 38.4 Å². The van der Waals surface area contributed by atoms with Crippen LogP contribution in [0.3, 0.4) is 0 Å². The second-order valence-corrected chi connectivity index (χ2v) is 11.1. The monoisotopic (exact) mass is 551 g/mol. The van der Waals surface area contributed by atoms with E-state index < -0.39 is 58.0 Å². The molecule has 0 aliphatic heterocycles. The normalized spacial score (nSPS) is 26.0. The lowest BCUT2D eigenvalue weighted by atomic mass is 9.57. The molecule has 1 amide bonds. The number of fused-ring (bicyclic) bond motifs is 3. The fourth-order valence-corrected chi connectivity index (χ4v) is 6.49. The van der Waals surface area contributed by atoms with E-state index in [1.165, 1.54) is 4.90 Å². The van der Waals surface area contributed by atoms with E-state index in [2.05, 4.69) is 10.3 Å². The van der Waals surface area contributed by atoms with Crippen LogP contribution in [0.2, 0.25) is 0 Å². The Morgan fingerprint density at radius 2 is 1.90 bits per heavy atom. The fraction of sp³-hybridized carbons (Fsp3) is 0.393. The lowest BCUT2D eigenvalue weighted by Gasteiger charge is -2.50. The largest absolute Gasteiger partial charge is 0.508 e. The van der Waals surface area contributed by atoms with Crippen LogP contribution in [0.15, 0.2) is 41.4 Å². The minimum absolute atomic E-state index is 0.0346. The number of Topliss-reactive ketones (excluding diaryl/α,β-unsaturated/α-hetero) is 2. The number of nitrogens with one attached hydrogen (secondary N) is 2. The number of carbonyl (C=O) groups is 3. The Morgan fingerprint density at radius 3 is 2.48 bits per heavy atom. The molecular formula is C28H33N5O7. The van der Waals surface area contributed by atoms with E-state index in [0.29, 0.717) is 23.5 Å². The van der Waals surface area contributed by atoms with Crippen LogP contribution in [-0.4, -0.2) is 87.6 Å². The molecular weight excluding hydrogens is 518 g/mol. The number of rotatable bonds is 6. The van der Waals surface area contributed by atoms with E-state index >= 15 is 0 Å². The number of likely N-dealkylation sites (N-methyl/N-ethyl adjacent to an activating group) is 1. The van der Waals surface area contributed by atoms with Crippen LogP contribution in [0.4, 0.5) is 11.4 Å². The summed E-state index contributed by atoms with van der Waals surface area (Å²) in [4.78, 5) is 45.7. The van der Waals surface area contributed by atoms with Gasteiger partial charge in [0.15, 0.2) is 11.4 Å². The molecule has 4 atom stereocenters. The number of carbonyl (C=O) groups excluding carboxylic acids is 3. The molecule has 12 heteroatoms. The number of anilines is 2. The van der Waals surface area contributed by atoms with Crippen LogP contribution in [0.5, 0.6) is 5.75 Å². The molecule has 0 radical (unpaired) electrons. The van der Waals surface area contributed by atoms with Gasteiger partial charge < -0.3 is 41.4 Å². The Labute approximate surface area is 230 Å². The second-order valence-electron chi connectivity index (χ2n) is 11.1. The van der Waals surface area contributed by atoms with Gasteiger partial charge in [-0.1, -0.05) is 0 Å². The minimum atomic E-state index is -2.67. The number of phenols is 1. The standard InChI is InChI=1S/C28H33N5O7/c1-32(2)17-9-16(31-11-12-5-6-30-10-12)22(34)19-14(17)7-13-8-15-21(33(3)4)24(36)20(27(29)39)26(38)28(15,40)25(37)18(13)23(19)35/h5-6,9-10,13,15,21,30-31,34-35,38,40H,7-8,11H2,1-4H3,(H2,29,39)/t13-,15-,21-,28-/m0/s1. The highest BCUT2D eigenvalue weighted by Crippen LogP contribution is 2.54. The maximum atomic E-state index is 14.0. The molecule has 1 saturated carbocycles. The van der Waals surface area contributed by atoms with Gasteiger partial charge in [-0.15, -0.1) is 0 Å². The van der Waals surface area contributed by atoms with Crippen molar-refractivity contribution in [2.24, 2.45) is 17.6 Å². The molecule has 1 aromatic heterocycles. The molecule has 2 aromatic rings. The van der Waals surface area contributed by atoms with Gasteiger partial charge in [-0.05, 0) is 56.1 Å². The lowest BCUT2D eigenvalue weighted by Crippen LogP contribution is -2.65. The predicted octanol–water partition coefficient (Wildman–Crippen LogP) is 0.970. The summed E-state index contributed by atoms with van der Waals surface area (Å²) in [6, 6.07) is 2.51. The average molecular weight is 552 g/mol. The van der Waals surface area contributed by atoms with E-state index in [4.69, 9.17) is 5.73 Å². The topological polar surface area (TPSA) is 192 Å². The third kappa shape index (κ3) is 3.78. The zero-order chi connectivity index (χ0) is 29.3. The molecule has 212 valence electrons. The Kier molecular flexibility index (Phi) is 6.42. The van der Waals surface area contributed by atoms with Crippen molar-refractivity contribution in [1.29, 1.82) is 0 Å². The number of nitrogens with zero attached hydrogens (tertiary/aromatic N) is 2. The SMILES string of the molecule is CN(C)c1cc(NCc2cc[nH]c2)c(O)c2c1C[C@H]1C[C@H]3[C@H](N(C)C)C(=O)C(C(N)=O)=C(O)[C@@]3(O)C(=O)C1=C2O. The van der Waals surface area contributed by atoms with E-state index in [1.54, 1.807) is 32.6 Å². The third-order valence-electron chi connectivity index (χ3n) is 8.32. The number of aromatic nitrogens is 1. The maximum absolute atomic E-state index is 14.0. The van der Waals surface area contributed by atoms with Crippen molar-refractivity contribution in [3.8, 4) is 5.75 Å². The van der Waals surface area contributed by atoms with Crippen LogP contribution >= 0.6 is 0 Å². The van der Waals surface area contributed by atoms with Crippen LogP contribution < -0.4 is 16.0 Å². The van der Waals surface area contributed by atoms with Gasteiger partial charge in [0.05, 0.1) is 17.3 Å². The Bertz CT molecular complexity index is 1490. The molecule has 0 unspecified atom stereocenters. The van der Waals surface area contributed by atoms with E-state index in [0.717, 1.165) is 5.56 Å². The first-order valence-electron chi connectivity index (χ1n) is 12.9. The number of aromatic amines is 1. The van der Waals surface area contributed by atoms with Gasteiger partial charge in [0.1, 0.15) is 22.8 Å². The van der Waals surface area contributed by atoms with E-state index in [1.807, 2.05) is 25.1 Å². The number of amides is 1. The number of nitrogens with two attached hydrogens (primary N) is 1. The molecule has 40 heavy (non-hydrogen) atoms. The number of aliphatic hydroxyl groups is 3. The number of phenolic OH excluding ortho intramolecular Hbond substituents is 1. The molecule has 8 N–H and O–H groups in total. The summed E-state index contributed by atoms with van der Waals surface area (Å²) in [6.45, 7) is 0.373. The summed E-state index contributed by atoms with van der Waals surface area (Å²) in [6.07, 6.45) is 3.82. The highest BCUT2D eigenvalue weighted by Gasteiger charge is 2.64. The van der Waals surface area contributed by atoms with Crippen molar-refractivity contribution < 1.29 is 34.8 Å². The molecule has 0 bridgehead atoms. The van der Waals surface area contributed by atoms with Gasteiger partial charge >= 0.3 is 0 Å². The molecule has 0 saturated heterocycles. The Hall–Kier alpha value is -4.29. The first-order valence-corrected chi connectivity index (χ1v) is 12.9. The van der Waals surface area contributed by atoms with Gasteiger partial charge in [-0.3, -0.25) is 19.3 Å².